The smallest absolute Gasteiger partial charge is 0.339 e. The Bertz CT molecular complexity index is 426. The van der Waals surface area contributed by atoms with Gasteiger partial charge in [-0.25, -0.2) is 4.79 Å². The molecule has 1 fully saturated rings. The summed E-state index contributed by atoms with van der Waals surface area (Å²) in [4.78, 5) is 15.6. The third-order valence-electron chi connectivity index (χ3n) is 3.83. The molecule has 4 nitrogen and oxygen atoms in total. The van der Waals surface area contributed by atoms with Gasteiger partial charge in [-0.3, -0.25) is 4.98 Å². The van der Waals surface area contributed by atoms with Gasteiger partial charge in [0.2, 0.25) is 0 Å². The molecule has 0 aromatic carbocycles. The van der Waals surface area contributed by atoms with E-state index in [0.29, 0.717) is 23.9 Å². The number of esters is 1. The summed E-state index contributed by atoms with van der Waals surface area (Å²) in [6, 6.07) is 3.66. The molecule has 2 unspecified atom stereocenters. The van der Waals surface area contributed by atoms with Crippen molar-refractivity contribution in [3.63, 3.8) is 0 Å². The molecule has 1 aliphatic carbocycles. The van der Waals surface area contributed by atoms with E-state index in [4.69, 9.17) is 5.73 Å². The zero-order chi connectivity index (χ0) is 12.6. The average Bonchev–Trinajstić information content (AvgIpc) is 2.90. The van der Waals surface area contributed by atoms with Crippen molar-refractivity contribution in [2.24, 2.45) is 17.1 Å². The lowest BCUT2D eigenvalue weighted by atomic mass is 10.1. The van der Waals surface area contributed by atoms with Crippen LogP contribution in [0, 0.1) is 11.3 Å². The van der Waals surface area contributed by atoms with E-state index in [1.165, 1.54) is 7.11 Å². The zero-order valence-corrected chi connectivity index (χ0v) is 10.4. The van der Waals surface area contributed by atoms with Gasteiger partial charge in [-0.15, -0.1) is 0 Å². The minimum absolute atomic E-state index is 0.217. The lowest BCUT2D eigenvalue weighted by Crippen LogP contribution is -2.05. The summed E-state index contributed by atoms with van der Waals surface area (Å²) in [6.07, 6.45) is 1.57. The molecule has 0 radical (unpaired) electrons. The molecule has 2 rings (SSSR count). The highest BCUT2D eigenvalue weighted by Gasteiger charge is 2.57. The van der Waals surface area contributed by atoms with E-state index in [-0.39, 0.29) is 11.4 Å². The van der Waals surface area contributed by atoms with E-state index in [0.717, 1.165) is 5.69 Å². The second-order valence-electron chi connectivity index (χ2n) is 5.10. The molecule has 1 aromatic rings. The third kappa shape index (κ3) is 1.93. The largest absolute Gasteiger partial charge is 0.465 e. The average molecular weight is 234 g/mol. The number of carbonyl (C=O) groups excluding carboxylic acids is 1. The Balaban J connectivity index is 2.18. The number of nitrogens with zero attached hydrogens (tertiary/aromatic N) is 1. The Hall–Kier alpha value is -1.42. The molecule has 1 aromatic heterocycles. The predicted molar refractivity (Wildman–Crippen MR) is 64.6 cm³/mol. The van der Waals surface area contributed by atoms with Crippen LogP contribution in [-0.4, -0.2) is 24.6 Å². The summed E-state index contributed by atoms with van der Waals surface area (Å²) in [5.74, 6) is 0.535. The van der Waals surface area contributed by atoms with Crippen molar-refractivity contribution in [3.8, 4) is 0 Å². The van der Waals surface area contributed by atoms with E-state index in [2.05, 4.69) is 23.6 Å². The van der Waals surface area contributed by atoms with Crippen molar-refractivity contribution < 1.29 is 9.53 Å². The van der Waals surface area contributed by atoms with E-state index < -0.39 is 0 Å². The van der Waals surface area contributed by atoms with Gasteiger partial charge in [0.05, 0.1) is 12.7 Å². The number of rotatable bonds is 3. The lowest BCUT2D eigenvalue weighted by molar-refractivity contribution is 0.0600. The normalized spacial score (nSPS) is 25.4. The maximum atomic E-state index is 11.3. The van der Waals surface area contributed by atoms with Crippen LogP contribution in [0.3, 0.4) is 0 Å². The van der Waals surface area contributed by atoms with Gasteiger partial charge in [0.15, 0.2) is 0 Å². The number of hydrogen-bond acceptors (Lipinski definition) is 4. The molecular formula is C13H18N2O2. The highest BCUT2D eigenvalue weighted by atomic mass is 16.5. The Morgan fingerprint density at radius 1 is 1.53 bits per heavy atom. The molecule has 0 spiro atoms. The molecule has 1 aliphatic rings. The number of nitrogens with two attached hydrogens (primary N) is 1. The first kappa shape index (κ1) is 12.0. The first-order valence-electron chi connectivity index (χ1n) is 5.76. The minimum Gasteiger partial charge on any atom is -0.465 e. The van der Waals surface area contributed by atoms with Gasteiger partial charge in [0.25, 0.3) is 0 Å². The van der Waals surface area contributed by atoms with Crippen LogP contribution in [0.2, 0.25) is 0 Å². The zero-order valence-electron chi connectivity index (χ0n) is 10.4. The predicted octanol–water partition coefficient (Wildman–Crippen LogP) is 1.57. The van der Waals surface area contributed by atoms with Crippen molar-refractivity contribution in [2.75, 3.05) is 13.7 Å². The molecule has 92 valence electrons. The summed E-state index contributed by atoms with van der Waals surface area (Å²) in [7, 11) is 1.37. The highest BCUT2D eigenvalue weighted by molar-refractivity contribution is 5.88. The van der Waals surface area contributed by atoms with E-state index in [1.807, 2.05) is 6.07 Å². The van der Waals surface area contributed by atoms with Crippen LogP contribution in [0.5, 0.6) is 0 Å². The van der Waals surface area contributed by atoms with Gasteiger partial charge in [0, 0.05) is 17.8 Å². The fraction of sp³-hybridized carbons (Fsp3) is 0.538. The van der Waals surface area contributed by atoms with Crippen molar-refractivity contribution >= 4 is 5.97 Å². The highest BCUT2D eigenvalue weighted by Crippen LogP contribution is 2.63. The minimum atomic E-state index is -0.352. The number of methoxy groups -OCH3 is 1. The molecule has 1 saturated carbocycles. The van der Waals surface area contributed by atoms with Gasteiger partial charge in [-0.1, -0.05) is 13.8 Å². The Morgan fingerprint density at radius 2 is 2.24 bits per heavy atom. The topological polar surface area (TPSA) is 65.2 Å². The number of pyridine rings is 1. The maximum absolute atomic E-state index is 11.3. The van der Waals surface area contributed by atoms with Crippen LogP contribution >= 0.6 is 0 Å². The van der Waals surface area contributed by atoms with Crippen LogP contribution in [0.25, 0.3) is 0 Å². The molecular weight excluding hydrogens is 216 g/mol. The molecule has 2 N–H and O–H groups in total. The summed E-state index contributed by atoms with van der Waals surface area (Å²) in [5.41, 5.74) is 7.45. The second-order valence-corrected chi connectivity index (χ2v) is 5.10. The third-order valence-corrected chi connectivity index (χ3v) is 3.83. The fourth-order valence-electron chi connectivity index (χ4n) is 2.60. The van der Waals surface area contributed by atoms with Crippen molar-refractivity contribution in [3.05, 3.63) is 29.6 Å². The van der Waals surface area contributed by atoms with Crippen LogP contribution in [0.4, 0.5) is 0 Å². The monoisotopic (exact) mass is 234 g/mol. The molecule has 4 heteroatoms. The summed E-state index contributed by atoms with van der Waals surface area (Å²) in [6.45, 7) is 5.08. The number of ether oxygens (including phenoxy) is 1. The van der Waals surface area contributed by atoms with Crippen LogP contribution in [0.1, 0.15) is 35.8 Å². The van der Waals surface area contributed by atoms with E-state index in [9.17, 15) is 4.79 Å². The Kier molecular flexibility index (Phi) is 2.91. The Labute approximate surface area is 101 Å². The maximum Gasteiger partial charge on any atom is 0.339 e. The molecule has 1 heterocycles. The fourth-order valence-corrected chi connectivity index (χ4v) is 2.60. The van der Waals surface area contributed by atoms with Crippen molar-refractivity contribution in [2.45, 2.75) is 19.8 Å². The molecule has 17 heavy (non-hydrogen) atoms. The SMILES string of the molecule is COC(=O)c1ccc(C2C(CN)C2(C)C)nc1. The van der Waals surface area contributed by atoms with Crippen LogP contribution < -0.4 is 5.73 Å². The van der Waals surface area contributed by atoms with Crippen LogP contribution in [-0.2, 0) is 4.74 Å². The van der Waals surface area contributed by atoms with Gasteiger partial charge in [-0.05, 0) is 30.0 Å². The first-order chi connectivity index (χ1) is 8.02. The number of hydrogen-bond donors (Lipinski definition) is 1. The van der Waals surface area contributed by atoms with Crippen LogP contribution in [0.15, 0.2) is 18.3 Å². The summed E-state index contributed by atoms with van der Waals surface area (Å²) >= 11 is 0. The van der Waals surface area contributed by atoms with Crippen molar-refractivity contribution in [1.82, 2.24) is 4.98 Å². The standard InChI is InChI=1S/C13H18N2O2/c1-13(2)9(6-14)11(13)10-5-4-8(7-15-10)12(16)17-3/h4-5,7,9,11H,6,14H2,1-3H3. The number of aromatic nitrogens is 1. The van der Waals surface area contributed by atoms with Gasteiger partial charge in [0.1, 0.15) is 0 Å². The number of carbonyl (C=O) groups is 1. The van der Waals surface area contributed by atoms with Crippen molar-refractivity contribution in [1.29, 1.82) is 0 Å². The summed E-state index contributed by atoms with van der Waals surface area (Å²) < 4.78 is 4.64. The molecule has 0 amide bonds. The quantitative estimate of drug-likeness (QED) is 0.806. The first-order valence-corrected chi connectivity index (χ1v) is 5.76. The van der Waals surface area contributed by atoms with Gasteiger partial charge < -0.3 is 10.5 Å². The molecule has 0 saturated heterocycles. The van der Waals surface area contributed by atoms with Gasteiger partial charge >= 0.3 is 5.97 Å². The van der Waals surface area contributed by atoms with E-state index in [1.54, 1.807) is 12.3 Å². The van der Waals surface area contributed by atoms with Gasteiger partial charge in [-0.2, -0.15) is 0 Å². The molecule has 0 aliphatic heterocycles. The summed E-state index contributed by atoms with van der Waals surface area (Å²) in [5, 5.41) is 0. The molecule has 2 atom stereocenters. The Morgan fingerprint density at radius 3 is 2.65 bits per heavy atom. The molecule has 0 bridgehead atoms. The van der Waals surface area contributed by atoms with E-state index >= 15 is 0 Å². The second kappa shape index (κ2) is 4.11. The lowest BCUT2D eigenvalue weighted by Gasteiger charge is -2.03.